The Balaban J connectivity index is 2.25. The van der Waals surface area contributed by atoms with E-state index in [0.717, 1.165) is 17.1 Å². The Morgan fingerprint density at radius 1 is 1.07 bits per heavy atom. The largest absolute Gasteiger partial charge is 0.459 e. The van der Waals surface area contributed by atoms with Crippen LogP contribution in [0, 0.1) is 0 Å². The first-order valence-electron chi connectivity index (χ1n) is 4.53. The molecule has 1 heterocycles. The van der Waals surface area contributed by atoms with Crippen LogP contribution in [-0.4, -0.2) is 7.11 Å². The number of hydrogen-bond donors (Lipinski definition) is 0. The molecule has 2 rings (SSSR count). The van der Waals surface area contributed by atoms with Gasteiger partial charge in [-0.25, -0.2) is 0 Å². The number of furan rings is 1. The molecular weight excluding hydrogens is 176 g/mol. The molecule has 0 saturated heterocycles. The third-order valence-corrected chi connectivity index (χ3v) is 2.01. The van der Waals surface area contributed by atoms with Gasteiger partial charge in [-0.2, -0.15) is 0 Å². The minimum Gasteiger partial charge on any atom is -0.459 e. The summed E-state index contributed by atoms with van der Waals surface area (Å²) in [6.45, 7) is 0.521. The molecule has 0 radical (unpaired) electrons. The molecule has 0 amide bonds. The molecule has 0 N–H and O–H groups in total. The molecule has 0 aliphatic rings. The summed E-state index contributed by atoms with van der Waals surface area (Å²) in [7, 11) is 1.66. The van der Waals surface area contributed by atoms with E-state index < -0.39 is 0 Å². The predicted octanol–water partition coefficient (Wildman–Crippen LogP) is 3.09. The van der Waals surface area contributed by atoms with E-state index in [0.29, 0.717) is 6.61 Å². The molecule has 0 bridgehead atoms. The molecule has 0 atom stereocenters. The van der Waals surface area contributed by atoms with Gasteiger partial charge in [-0.05, 0) is 12.1 Å². The third kappa shape index (κ3) is 1.86. The van der Waals surface area contributed by atoms with E-state index >= 15 is 0 Å². The van der Waals surface area contributed by atoms with Crippen LogP contribution in [0.4, 0.5) is 0 Å². The Labute approximate surface area is 83.1 Å². The molecular formula is C12H12O2. The minimum absolute atomic E-state index is 0.521. The molecule has 0 saturated carbocycles. The second kappa shape index (κ2) is 4.11. The van der Waals surface area contributed by atoms with Crippen LogP contribution in [0.15, 0.2) is 46.9 Å². The maximum absolute atomic E-state index is 5.59. The average Bonchev–Trinajstić information content (AvgIpc) is 2.68. The highest BCUT2D eigenvalue weighted by molar-refractivity contribution is 5.57. The Morgan fingerprint density at radius 2 is 1.86 bits per heavy atom. The molecule has 0 fully saturated rings. The van der Waals surface area contributed by atoms with E-state index in [1.165, 1.54) is 0 Å². The van der Waals surface area contributed by atoms with Crippen molar-refractivity contribution in [2.24, 2.45) is 0 Å². The van der Waals surface area contributed by atoms with E-state index in [4.69, 9.17) is 9.15 Å². The summed E-state index contributed by atoms with van der Waals surface area (Å²) in [5, 5.41) is 0. The zero-order valence-electron chi connectivity index (χ0n) is 8.07. The Hall–Kier alpha value is -1.54. The van der Waals surface area contributed by atoms with E-state index in [9.17, 15) is 0 Å². The third-order valence-electron chi connectivity index (χ3n) is 2.01. The number of hydrogen-bond acceptors (Lipinski definition) is 2. The maximum Gasteiger partial charge on any atom is 0.134 e. The first-order chi connectivity index (χ1) is 6.90. The highest BCUT2D eigenvalue weighted by atomic mass is 16.5. The summed E-state index contributed by atoms with van der Waals surface area (Å²) in [6, 6.07) is 13.9. The van der Waals surface area contributed by atoms with Gasteiger partial charge in [-0.1, -0.05) is 30.3 Å². The zero-order valence-corrected chi connectivity index (χ0v) is 8.07. The van der Waals surface area contributed by atoms with Crippen molar-refractivity contribution in [3.05, 3.63) is 48.2 Å². The van der Waals surface area contributed by atoms with Gasteiger partial charge < -0.3 is 9.15 Å². The van der Waals surface area contributed by atoms with E-state index in [1.807, 2.05) is 42.5 Å². The van der Waals surface area contributed by atoms with Crippen LogP contribution in [0.5, 0.6) is 0 Å². The van der Waals surface area contributed by atoms with Crippen LogP contribution in [-0.2, 0) is 11.3 Å². The van der Waals surface area contributed by atoms with Crippen LogP contribution in [0.1, 0.15) is 5.76 Å². The summed E-state index contributed by atoms with van der Waals surface area (Å²) in [5.41, 5.74) is 1.09. The Morgan fingerprint density at radius 3 is 2.57 bits per heavy atom. The zero-order chi connectivity index (χ0) is 9.80. The fraction of sp³-hybridized carbons (Fsp3) is 0.167. The topological polar surface area (TPSA) is 22.4 Å². The first-order valence-corrected chi connectivity index (χ1v) is 4.53. The Bertz CT molecular complexity index is 390. The standard InChI is InChI=1S/C12H12O2/c1-13-9-11-7-8-12(14-11)10-5-3-2-4-6-10/h2-8H,9H2,1H3. The summed E-state index contributed by atoms with van der Waals surface area (Å²) >= 11 is 0. The van der Waals surface area contributed by atoms with Crippen LogP contribution < -0.4 is 0 Å². The highest BCUT2D eigenvalue weighted by Crippen LogP contribution is 2.21. The van der Waals surface area contributed by atoms with Crippen molar-refractivity contribution < 1.29 is 9.15 Å². The molecule has 2 heteroatoms. The molecule has 0 unspecified atom stereocenters. The summed E-state index contributed by atoms with van der Waals surface area (Å²) in [4.78, 5) is 0. The van der Waals surface area contributed by atoms with Gasteiger partial charge in [0.25, 0.3) is 0 Å². The van der Waals surface area contributed by atoms with Crippen molar-refractivity contribution in [2.75, 3.05) is 7.11 Å². The van der Waals surface area contributed by atoms with Gasteiger partial charge in [0, 0.05) is 12.7 Å². The van der Waals surface area contributed by atoms with Gasteiger partial charge >= 0.3 is 0 Å². The molecule has 0 aliphatic carbocycles. The average molecular weight is 188 g/mol. The van der Waals surface area contributed by atoms with Gasteiger partial charge in [-0.15, -0.1) is 0 Å². The van der Waals surface area contributed by atoms with E-state index in [1.54, 1.807) is 7.11 Å². The number of methoxy groups -OCH3 is 1. The quantitative estimate of drug-likeness (QED) is 0.738. The van der Waals surface area contributed by atoms with Crippen molar-refractivity contribution in [3.63, 3.8) is 0 Å². The van der Waals surface area contributed by atoms with Gasteiger partial charge in [0.2, 0.25) is 0 Å². The summed E-state index contributed by atoms with van der Waals surface area (Å²) < 4.78 is 10.6. The number of benzene rings is 1. The van der Waals surface area contributed by atoms with Crippen molar-refractivity contribution in [2.45, 2.75) is 6.61 Å². The molecule has 0 aliphatic heterocycles. The fourth-order valence-corrected chi connectivity index (χ4v) is 1.36. The number of ether oxygens (including phenoxy) is 1. The maximum atomic E-state index is 5.59. The van der Waals surface area contributed by atoms with Crippen molar-refractivity contribution in [3.8, 4) is 11.3 Å². The summed E-state index contributed by atoms with van der Waals surface area (Å²) in [6.07, 6.45) is 0. The SMILES string of the molecule is COCc1ccc(-c2ccccc2)o1. The minimum atomic E-state index is 0.521. The predicted molar refractivity (Wildman–Crippen MR) is 54.9 cm³/mol. The first kappa shape index (κ1) is 9.03. The lowest BCUT2D eigenvalue weighted by molar-refractivity contribution is 0.165. The van der Waals surface area contributed by atoms with Crippen molar-refractivity contribution in [1.82, 2.24) is 0 Å². The second-order valence-corrected chi connectivity index (χ2v) is 3.06. The monoisotopic (exact) mass is 188 g/mol. The molecule has 72 valence electrons. The van der Waals surface area contributed by atoms with Crippen LogP contribution in [0.3, 0.4) is 0 Å². The van der Waals surface area contributed by atoms with Gasteiger partial charge in [0.1, 0.15) is 18.1 Å². The van der Waals surface area contributed by atoms with Crippen molar-refractivity contribution >= 4 is 0 Å². The lowest BCUT2D eigenvalue weighted by atomic mass is 10.2. The van der Waals surface area contributed by atoms with Gasteiger partial charge in [0.15, 0.2) is 0 Å². The van der Waals surface area contributed by atoms with Gasteiger partial charge in [-0.3, -0.25) is 0 Å². The van der Waals surface area contributed by atoms with Crippen LogP contribution >= 0.6 is 0 Å². The van der Waals surface area contributed by atoms with Crippen molar-refractivity contribution in [1.29, 1.82) is 0 Å². The summed E-state index contributed by atoms with van der Waals surface area (Å²) in [5.74, 6) is 1.74. The lowest BCUT2D eigenvalue weighted by Crippen LogP contribution is -1.81. The molecule has 1 aromatic carbocycles. The van der Waals surface area contributed by atoms with E-state index in [-0.39, 0.29) is 0 Å². The van der Waals surface area contributed by atoms with Gasteiger partial charge in [0.05, 0.1) is 0 Å². The second-order valence-electron chi connectivity index (χ2n) is 3.06. The smallest absolute Gasteiger partial charge is 0.134 e. The normalized spacial score (nSPS) is 10.4. The van der Waals surface area contributed by atoms with Crippen LogP contribution in [0.2, 0.25) is 0 Å². The molecule has 1 aromatic heterocycles. The van der Waals surface area contributed by atoms with Crippen LogP contribution in [0.25, 0.3) is 11.3 Å². The fourth-order valence-electron chi connectivity index (χ4n) is 1.36. The highest BCUT2D eigenvalue weighted by Gasteiger charge is 2.02. The van der Waals surface area contributed by atoms with E-state index in [2.05, 4.69) is 0 Å². The lowest BCUT2D eigenvalue weighted by Gasteiger charge is -1.96. The number of rotatable bonds is 3. The Kier molecular flexibility index (Phi) is 2.65. The molecule has 2 nitrogen and oxygen atoms in total. The molecule has 0 spiro atoms. The molecule has 2 aromatic rings. The molecule has 14 heavy (non-hydrogen) atoms.